The van der Waals surface area contributed by atoms with Gasteiger partial charge in [-0.25, -0.2) is 4.98 Å². The minimum absolute atomic E-state index is 0.0195. The van der Waals surface area contributed by atoms with Crippen molar-refractivity contribution in [2.45, 2.75) is 0 Å². The number of phenols is 2. The van der Waals surface area contributed by atoms with E-state index >= 15 is 0 Å². The molecule has 96 valence electrons. The maximum atomic E-state index is 9.85. The molecule has 0 amide bonds. The number of rotatable bonds is 2. The van der Waals surface area contributed by atoms with Gasteiger partial charge in [0, 0.05) is 0 Å². The second kappa shape index (κ2) is 4.44. The van der Waals surface area contributed by atoms with Crippen molar-refractivity contribution in [3.63, 3.8) is 0 Å². The third-order valence-electron chi connectivity index (χ3n) is 2.83. The summed E-state index contributed by atoms with van der Waals surface area (Å²) in [5, 5.41) is 20.3. The van der Waals surface area contributed by atoms with Crippen LogP contribution in [0.2, 0.25) is 0 Å². The Hall–Kier alpha value is -2.27. The molecule has 5 heteroatoms. The summed E-state index contributed by atoms with van der Waals surface area (Å²) >= 11 is 1.40. The molecule has 0 fully saturated rings. The fraction of sp³-hybridized carbons (Fsp3) is 0.0714. The molecule has 0 aliphatic rings. The van der Waals surface area contributed by atoms with Gasteiger partial charge >= 0.3 is 0 Å². The number of ether oxygens (including phenoxy) is 1. The second-order valence-corrected chi connectivity index (χ2v) is 5.05. The van der Waals surface area contributed by atoms with E-state index in [1.165, 1.54) is 23.5 Å². The van der Waals surface area contributed by atoms with Gasteiger partial charge in [0.15, 0.2) is 0 Å². The van der Waals surface area contributed by atoms with Crippen molar-refractivity contribution in [3.8, 4) is 27.8 Å². The lowest BCUT2D eigenvalue weighted by Gasteiger charge is -2.02. The number of phenolic OH excluding ortho intramolecular Hbond substituents is 2. The lowest BCUT2D eigenvalue weighted by molar-refractivity contribution is 0.415. The Morgan fingerprint density at radius 3 is 2.53 bits per heavy atom. The number of benzene rings is 2. The molecule has 0 aliphatic carbocycles. The monoisotopic (exact) mass is 273 g/mol. The van der Waals surface area contributed by atoms with Crippen LogP contribution in [0.1, 0.15) is 0 Å². The summed E-state index contributed by atoms with van der Waals surface area (Å²) < 4.78 is 6.11. The van der Waals surface area contributed by atoms with E-state index in [-0.39, 0.29) is 11.5 Å². The van der Waals surface area contributed by atoms with Crippen molar-refractivity contribution < 1.29 is 14.9 Å². The Balaban J connectivity index is 2.21. The molecule has 0 spiro atoms. The fourth-order valence-corrected chi connectivity index (χ4v) is 2.94. The SMILES string of the molecule is COc1ccc2nc(-c3c(O)cccc3O)sc2c1. The van der Waals surface area contributed by atoms with E-state index < -0.39 is 0 Å². The van der Waals surface area contributed by atoms with E-state index in [4.69, 9.17) is 4.74 Å². The van der Waals surface area contributed by atoms with Crippen LogP contribution in [0.5, 0.6) is 17.2 Å². The smallest absolute Gasteiger partial charge is 0.132 e. The predicted molar refractivity (Wildman–Crippen MR) is 74.9 cm³/mol. The first-order chi connectivity index (χ1) is 9.19. The molecule has 0 radical (unpaired) electrons. The van der Waals surface area contributed by atoms with E-state index in [1.807, 2.05) is 18.2 Å². The summed E-state index contributed by atoms with van der Waals surface area (Å²) in [6.45, 7) is 0. The van der Waals surface area contributed by atoms with Crippen LogP contribution in [0.4, 0.5) is 0 Å². The Morgan fingerprint density at radius 1 is 1.11 bits per heavy atom. The second-order valence-electron chi connectivity index (χ2n) is 4.02. The van der Waals surface area contributed by atoms with Gasteiger partial charge in [0.1, 0.15) is 22.3 Å². The molecule has 2 N–H and O–H groups in total. The summed E-state index contributed by atoms with van der Waals surface area (Å²) in [5.74, 6) is 0.793. The van der Waals surface area contributed by atoms with Crippen LogP contribution in [0.15, 0.2) is 36.4 Å². The van der Waals surface area contributed by atoms with E-state index in [2.05, 4.69) is 4.98 Å². The molecule has 1 heterocycles. The predicted octanol–water partition coefficient (Wildman–Crippen LogP) is 3.38. The Morgan fingerprint density at radius 2 is 1.84 bits per heavy atom. The number of nitrogens with zero attached hydrogens (tertiary/aromatic N) is 1. The Kier molecular flexibility index (Phi) is 2.76. The van der Waals surface area contributed by atoms with E-state index in [0.29, 0.717) is 10.6 Å². The molecule has 4 nitrogen and oxygen atoms in total. The highest BCUT2D eigenvalue weighted by atomic mass is 32.1. The van der Waals surface area contributed by atoms with Gasteiger partial charge in [-0.15, -0.1) is 11.3 Å². The minimum Gasteiger partial charge on any atom is -0.507 e. The van der Waals surface area contributed by atoms with Gasteiger partial charge in [-0.05, 0) is 30.3 Å². The van der Waals surface area contributed by atoms with Crippen LogP contribution in [-0.4, -0.2) is 22.3 Å². The molecule has 0 atom stereocenters. The third kappa shape index (κ3) is 1.98. The number of hydrogen-bond donors (Lipinski definition) is 2. The van der Waals surface area contributed by atoms with Crippen molar-refractivity contribution in [2.75, 3.05) is 7.11 Å². The average molecular weight is 273 g/mol. The van der Waals surface area contributed by atoms with Gasteiger partial charge in [0.25, 0.3) is 0 Å². The highest BCUT2D eigenvalue weighted by molar-refractivity contribution is 7.21. The summed E-state index contributed by atoms with van der Waals surface area (Å²) in [7, 11) is 1.61. The van der Waals surface area contributed by atoms with Crippen LogP contribution >= 0.6 is 11.3 Å². The summed E-state index contributed by atoms with van der Waals surface area (Å²) in [6, 6.07) is 10.2. The average Bonchev–Trinajstić information content (AvgIpc) is 2.80. The van der Waals surface area contributed by atoms with Crippen molar-refractivity contribution in [3.05, 3.63) is 36.4 Å². The van der Waals surface area contributed by atoms with E-state index in [9.17, 15) is 10.2 Å². The number of thiazole rings is 1. The highest BCUT2D eigenvalue weighted by Crippen LogP contribution is 2.41. The molecule has 0 aliphatic heterocycles. The molecular formula is C14H11NO3S. The first kappa shape index (κ1) is 11.8. The zero-order valence-electron chi connectivity index (χ0n) is 10.1. The van der Waals surface area contributed by atoms with Gasteiger partial charge in [-0.1, -0.05) is 6.07 Å². The quantitative estimate of drug-likeness (QED) is 0.751. The molecule has 0 bridgehead atoms. The minimum atomic E-state index is 0.0195. The summed E-state index contributed by atoms with van der Waals surface area (Å²) in [4.78, 5) is 4.42. The van der Waals surface area contributed by atoms with Crippen molar-refractivity contribution in [1.29, 1.82) is 0 Å². The highest BCUT2D eigenvalue weighted by Gasteiger charge is 2.14. The molecule has 19 heavy (non-hydrogen) atoms. The van der Waals surface area contributed by atoms with Crippen LogP contribution < -0.4 is 4.74 Å². The largest absolute Gasteiger partial charge is 0.507 e. The van der Waals surface area contributed by atoms with Crippen molar-refractivity contribution in [1.82, 2.24) is 4.98 Å². The molecule has 0 saturated heterocycles. The zero-order valence-corrected chi connectivity index (χ0v) is 10.9. The number of aromatic hydroxyl groups is 2. The molecule has 0 unspecified atom stereocenters. The Bertz CT molecular complexity index is 731. The van der Waals surface area contributed by atoms with Gasteiger partial charge in [0.2, 0.25) is 0 Å². The maximum Gasteiger partial charge on any atom is 0.132 e. The van der Waals surface area contributed by atoms with Gasteiger partial charge in [-0.3, -0.25) is 0 Å². The fourth-order valence-electron chi connectivity index (χ4n) is 1.89. The van der Waals surface area contributed by atoms with Crippen LogP contribution in [0.3, 0.4) is 0 Å². The maximum absolute atomic E-state index is 9.85. The van der Waals surface area contributed by atoms with Crippen LogP contribution in [0, 0.1) is 0 Å². The van der Waals surface area contributed by atoms with Crippen molar-refractivity contribution >= 4 is 21.6 Å². The molecule has 0 saturated carbocycles. The topological polar surface area (TPSA) is 62.6 Å². The lowest BCUT2D eigenvalue weighted by Crippen LogP contribution is -1.80. The van der Waals surface area contributed by atoms with E-state index in [1.54, 1.807) is 13.2 Å². The molecule has 3 rings (SSSR count). The van der Waals surface area contributed by atoms with Crippen molar-refractivity contribution in [2.24, 2.45) is 0 Å². The standard InChI is InChI=1S/C14H11NO3S/c1-18-8-5-6-9-12(7-8)19-14(15-9)13-10(16)3-2-4-11(13)17/h2-7,16-17H,1H3. The summed E-state index contributed by atoms with van der Waals surface area (Å²) in [5.41, 5.74) is 1.17. The normalized spacial score (nSPS) is 10.8. The van der Waals surface area contributed by atoms with E-state index in [0.717, 1.165) is 16.0 Å². The first-order valence-electron chi connectivity index (χ1n) is 5.65. The van der Waals surface area contributed by atoms with Crippen LogP contribution in [-0.2, 0) is 0 Å². The number of aromatic nitrogens is 1. The van der Waals surface area contributed by atoms with Gasteiger partial charge < -0.3 is 14.9 Å². The van der Waals surface area contributed by atoms with Gasteiger partial charge in [0.05, 0.1) is 22.9 Å². The first-order valence-corrected chi connectivity index (χ1v) is 6.46. The third-order valence-corrected chi connectivity index (χ3v) is 3.87. The van der Waals surface area contributed by atoms with Gasteiger partial charge in [-0.2, -0.15) is 0 Å². The van der Waals surface area contributed by atoms with Crippen LogP contribution in [0.25, 0.3) is 20.8 Å². The molecule has 2 aromatic carbocycles. The molecular weight excluding hydrogens is 262 g/mol. The lowest BCUT2D eigenvalue weighted by atomic mass is 10.2. The summed E-state index contributed by atoms with van der Waals surface area (Å²) in [6.07, 6.45) is 0. The zero-order chi connectivity index (χ0) is 13.4. The Labute approximate surface area is 113 Å². The molecule has 3 aromatic rings. The number of fused-ring (bicyclic) bond motifs is 1. The number of hydrogen-bond acceptors (Lipinski definition) is 5. The molecule has 1 aromatic heterocycles. The number of methoxy groups -OCH3 is 1.